The van der Waals surface area contributed by atoms with Crippen LogP contribution >= 0.6 is 23.4 Å². The molecule has 0 spiro atoms. The van der Waals surface area contributed by atoms with Crippen LogP contribution in [0.5, 0.6) is 0 Å². The summed E-state index contributed by atoms with van der Waals surface area (Å²) in [5.41, 5.74) is -0.650. The van der Waals surface area contributed by atoms with Crippen LogP contribution in [0.2, 0.25) is 5.02 Å². The predicted molar refractivity (Wildman–Crippen MR) is 101 cm³/mol. The number of carboxylic acid groups (broad SMARTS) is 1. The van der Waals surface area contributed by atoms with Gasteiger partial charge in [0.2, 0.25) is 0 Å². The quantitative estimate of drug-likeness (QED) is 0.697. The average Bonchev–Trinajstić information content (AvgIpc) is 2.55. The molecule has 1 amide bonds. The first kappa shape index (κ1) is 21.0. The third-order valence-electron chi connectivity index (χ3n) is 3.22. The van der Waals surface area contributed by atoms with E-state index < -0.39 is 37.3 Å². The van der Waals surface area contributed by atoms with Crippen molar-refractivity contribution in [3.05, 3.63) is 52.8 Å². The van der Waals surface area contributed by atoms with Gasteiger partial charge in [-0.1, -0.05) is 11.6 Å². The minimum Gasteiger partial charge on any atom is -0.478 e. The van der Waals surface area contributed by atoms with Crippen molar-refractivity contribution in [2.75, 3.05) is 18.8 Å². The van der Waals surface area contributed by atoms with Crippen molar-refractivity contribution in [3.8, 4) is 0 Å². The van der Waals surface area contributed by atoms with Crippen molar-refractivity contribution in [3.63, 3.8) is 0 Å². The Morgan fingerprint density at radius 3 is 2.30 bits per heavy atom. The van der Waals surface area contributed by atoms with Crippen LogP contribution in [0.3, 0.4) is 0 Å². The lowest BCUT2D eigenvalue weighted by Gasteiger charge is -2.12. The first-order chi connectivity index (χ1) is 12.5. The molecule has 0 unspecified atom stereocenters. The molecule has 0 heterocycles. The van der Waals surface area contributed by atoms with Gasteiger partial charge in [0.25, 0.3) is 15.3 Å². The van der Waals surface area contributed by atoms with Gasteiger partial charge in [0.05, 0.1) is 10.6 Å². The van der Waals surface area contributed by atoms with E-state index in [1.807, 2.05) is 0 Å². The Labute approximate surface area is 164 Å². The fourth-order valence-electron chi connectivity index (χ4n) is 1.89. The van der Waals surface area contributed by atoms with Crippen LogP contribution in [-0.2, 0) is 10.0 Å². The van der Waals surface area contributed by atoms with Crippen LogP contribution in [0.15, 0.2) is 46.2 Å². The van der Waals surface area contributed by atoms with Gasteiger partial charge in [0, 0.05) is 24.7 Å². The van der Waals surface area contributed by atoms with E-state index in [1.165, 1.54) is 17.0 Å². The number of carbonyl (C=O) groups excluding carboxylic acids is 1. The van der Waals surface area contributed by atoms with Crippen LogP contribution in [0, 0.1) is 5.82 Å². The second kappa shape index (κ2) is 8.15. The summed E-state index contributed by atoms with van der Waals surface area (Å²) >= 11 is 6.74. The molecule has 0 radical (unpaired) electrons. The normalized spacial score (nSPS) is 11.1. The number of halogens is 2. The van der Waals surface area contributed by atoms with Crippen LogP contribution < -0.4 is 4.72 Å². The maximum Gasteiger partial charge on any atom is 0.338 e. The Hall–Kier alpha value is -2.30. The highest BCUT2D eigenvalue weighted by Crippen LogP contribution is 2.28. The largest absolute Gasteiger partial charge is 0.478 e. The Bertz CT molecular complexity index is 995. The Morgan fingerprint density at radius 2 is 1.78 bits per heavy atom. The first-order valence-electron chi connectivity index (χ1n) is 7.25. The van der Waals surface area contributed by atoms with Crippen LogP contribution in [0.1, 0.15) is 10.4 Å². The molecule has 11 heteroatoms. The van der Waals surface area contributed by atoms with E-state index in [9.17, 15) is 22.4 Å². The second-order valence-electron chi connectivity index (χ2n) is 5.46. The summed E-state index contributed by atoms with van der Waals surface area (Å²) in [7, 11) is -1.05. The van der Waals surface area contributed by atoms with Crippen LogP contribution in [-0.4, -0.2) is 43.7 Å². The molecule has 7 nitrogen and oxygen atoms in total. The highest BCUT2D eigenvalue weighted by molar-refractivity contribution is 8.13. The Morgan fingerprint density at radius 1 is 1.19 bits per heavy atom. The summed E-state index contributed by atoms with van der Waals surface area (Å²) in [6.45, 7) is 0. The fraction of sp³-hybridized carbons (Fsp3) is 0.125. The minimum atomic E-state index is -4.26. The zero-order valence-corrected chi connectivity index (χ0v) is 16.5. The number of carboxylic acids is 1. The number of anilines is 1. The molecule has 0 aliphatic carbocycles. The van der Waals surface area contributed by atoms with Crippen LogP contribution in [0.4, 0.5) is 14.9 Å². The molecule has 0 saturated heterocycles. The highest BCUT2D eigenvalue weighted by Gasteiger charge is 2.23. The lowest BCUT2D eigenvalue weighted by atomic mass is 10.2. The number of amides is 1. The highest BCUT2D eigenvalue weighted by atomic mass is 35.5. The summed E-state index contributed by atoms with van der Waals surface area (Å²) in [6.07, 6.45) is 0. The lowest BCUT2D eigenvalue weighted by Crippen LogP contribution is -2.16. The molecule has 2 N–H and O–H groups in total. The smallest absolute Gasteiger partial charge is 0.338 e. The summed E-state index contributed by atoms with van der Waals surface area (Å²) in [5, 5.41) is 8.30. The number of hydrogen-bond acceptors (Lipinski definition) is 5. The zero-order chi connectivity index (χ0) is 20.4. The summed E-state index contributed by atoms with van der Waals surface area (Å²) in [5.74, 6) is -2.76. The Balaban J connectivity index is 2.28. The molecular weight excluding hydrogens is 419 g/mol. The number of benzene rings is 2. The number of rotatable bonds is 5. The molecule has 144 valence electrons. The maximum absolute atomic E-state index is 13.6. The van der Waals surface area contributed by atoms with Crippen molar-refractivity contribution in [2.45, 2.75) is 9.79 Å². The standard InChI is InChI=1S/C16H14ClFN2O5S2/c1-20(2)16(23)26-10-5-3-9(4-6-10)19-27(24,25)14-7-11(15(21)22)13(18)8-12(14)17/h3-8,19H,1-2H3,(H,21,22). The first-order valence-corrected chi connectivity index (χ1v) is 9.93. The number of aromatic carboxylic acids is 1. The van der Waals surface area contributed by atoms with Gasteiger partial charge in [-0.2, -0.15) is 0 Å². The van der Waals surface area contributed by atoms with Gasteiger partial charge in [-0.3, -0.25) is 9.52 Å². The summed E-state index contributed by atoms with van der Waals surface area (Å²) < 4.78 is 40.8. The third-order valence-corrected chi connectivity index (χ3v) is 6.11. The van der Waals surface area contributed by atoms with E-state index in [1.54, 1.807) is 26.2 Å². The van der Waals surface area contributed by atoms with Crippen molar-refractivity contribution >= 4 is 50.3 Å². The molecular formula is C16H14ClFN2O5S2. The SMILES string of the molecule is CN(C)C(=O)Sc1ccc(NS(=O)(=O)c2cc(C(=O)O)c(F)cc2Cl)cc1. The van der Waals surface area contributed by atoms with E-state index in [0.717, 1.165) is 11.8 Å². The molecule has 0 aliphatic heterocycles. The number of sulfonamides is 1. The number of nitrogens with zero attached hydrogens (tertiary/aromatic N) is 1. The van der Waals surface area contributed by atoms with Gasteiger partial charge < -0.3 is 10.0 Å². The maximum atomic E-state index is 13.6. The molecule has 0 saturated carbocycles. The topological polar surface area (TPSA) is 104 Å². The molecule has 2 rings (SSSR count). The summed E-state index contributed by atoms with van der Waals surface area (Å²) in [4.78, 5) is 24.1. The van der Waals surface area contributed by atoms with E-state index in [2.05, 4.69) is 4.72 Å². The molecule has 2 aromatic rings. The molecule has 0 bridgehead atoms. The minimum absolute atomic E-state index is 0.161. The van der Waals surface area contributed by atoms with Gasteiger partial charge in [-0.15, -0.1) is 0 Å². The van der Waals surface area contributed by atoms with Crippen molar-refractivity contribution in [1.29, 1.82) is 0 Å². The lowest BCUT2D eigenvalue weighted by molar-refractivity contribution is 0.0691. The monoisotopic (exact) mass is 432 g/mol. The van der Waals surface area contributed by atoms with Gasteiger partial charge in [0.15, 0.2) is 0 Å². The number of nitrogens with one attached hydrogen (secondary N) is 1. The van der Waals surface area contributed by atoms with E-state index in [0.29, 0.717) is 17.0 Å². The molecule has 2 aromatic carbocycles. The van der Waals surface area contributed by atoms with Crippen molar-refractivity contribution < 1.29 is 27.5 Å². The molecule has 27 heavy (non-hydrogen) atoms. The van der Waals surface area contributed by atoms with E-state index >= 15 is 0 Å². The van der Waals surface area contributed by atoms with Gasteiger partial charge in [-0.25, -0.2) is 17.6 Å². The second-order valence-corrected chi connectivity index (χ2v) is 8.54. The molecule has 0 aromatic heterocycles. The average molecular weight is 433 g/mol. The summed E-state index contributed by atoms with van der Waals surface area (Å²) in [6, 6.07) is 7.23. The molecule has 0 aliphatic rings. The number of carbonyl (C=O) groups is 2. The van der Waals surface area contributed by atoms with Crippen molar-refractivity contribution in [2.24, 2.45) is 0 Å². The Kier molecular flexibility index (Phi) is 6.34. The van der Waals surface area contributed by atoms with Crippen molar-refractivity contribution in [1.82, 2.24) is 4.90 Å². The van der Waals surface area contributed by atoms with Crippen LogP contribution in [0.25, 0.3) is 0 Å². The van der Waals surface area contributed by atoms with Gasteiger partial charge in [0.1, 0.15) is 10.7 Å². The fourth-order valence-corrected chi connectivity index (χ4v) is 4.15. The van der Waals surface area contributed by atoms with E-state index in [4.69, 9.17) is 16.7 Å². The van der Waals surface area contributed by atoms with Gasteiger partial charge in [-0.05, 0) is 48.2 Å². The number of thioether (sulfide) groups is 1. The molecule has 0 fully saturated rings. The zero-order valence-electron chi connectivity index (χ0n) is 14.1. The number of hydrogen-bond donors (Lipinski definition) is 2. The van der Waals surface area contributed by atoms with Gasteiger partial charge >= 0.3 is 5.97 Å². The van der Waals surface area contributed by atoms with E-state index in [-0.39, 0.29) is 10.9 Å². The molecule has 0 atom stereocenters. The predicted octanol–water partition coefficient (Wildman–Crippen LogP) is 3.75. The third kappa shape index (κ3) is 5.12.